The van der Waals surface area contributed by atoms with Crippen molar-refractivity contribution in [3.05, 3.63) is 106 Å². The molecule has 1 aromatic heterocycles. The molecule has 3 aromatic carbocycles. The van der Waals surface area contributed by atoms with Gasteiger partial charge in [0.2, 0.25) is 0 Å². The third-order valence-corrected chi connectivity index (χ3v) is 6.84. The van der Waals surface area contributed by atoms with Crippen LogP contribution in [0.15, 0.2) is 78.9 Å². The third-order valence-electron chi connectivity index (χ3n) is 6.61. The Morgan fingerprint density at radius 3 is 2.27 bits per heavy atom. The van der Waals surface area contributed by atoms with Crippen molar-refractivity contribution >= 4 is 46.6 Å². The van der Waals surface area contributed by atoms with E-state index in [2.05, 4.69) is 0 Å². The molecule has 0 aliphatic rings. The van der Waals surface area contributed by atoms with E-state index in [1.54, 1.807) is 16.7 Å². The Kier molecular flexibility index (Phi) is 10.2. The minimum absolute atomic E-state index is 0.0685. The average Bonchev–Trinajstić information content (AvgIpc) is 3.20. The Morgan fingerprint density at radius 2 is 1.59 bits per heavy atom. The fourth-order valence-corrected chi connectivity index (χ4v) is 4.85. The lowest BCUT2D eigenvalue weighted by atomic mass is 10.0. The summed E-state index contributed by atoms with van der Waals surface area (Å²) in [4.78, 5) is 22.7. The van der Waals surface area contributed by atoms with Crippen molar-refractivity contribution in [2.75, 3.05) is 13.2 Å². The van der Waals surface area contributed by atoms with Crippen molar-refractivity contribution in [1.82, 2.24) is 4.57 Å². The van der Waals surface area contributed by atoms with Crippen LogP contribution in [-0.2, 0) is 22.6 Å². The number of fused-ring (bicyclic) bond motifs is 1. The topological polar surface area (TPSA) is 98.0 Å². The van der Waals surface area contributed by atoms with Gasteiger partial charge in [-0.1, -0.05) is 60.2 Å². The summed E-state index contributed by atoms with van der Waals surface area (Å²) in [6.07, 6.45) is 8.85. The SMILES string of the molecule is Cc1c(CCCC(=O)O)c2cccc(C=Cc3ccc(OC/C=C/COc4cccc(Cl)c4)cc3)c2n1CC(=O)O. The maximum Gasteiger partial charge on any atom is 0.323 e. The van der Waals surface area contributed by atoms with E-state index in [1.807, 2.05) is 85.8 Å². The standard InChI is InChI=1S/C33H32ClNO6/c1-23-29(10-6-12-31(36)37)30-11-4-7-25(33(30)35(23)22-32(38)39)16-13-24-14-17-27(18-15-24)40-19-2-3-20-41-28-9-5-8-26(34)21-28/h2-5,7-9,11,13-18,21H,6,10,12,19-20,22H2,1H3,(H,36,37)(H,38,39)/b3-2+,16-13?. The van der Waals surface area contributed by atoms with Crippen LogP contribution in [0.4, 0.5) is 0 Å². The molecule has 2 N–H and O–H groups in total. The highest BCUT2D eigenvalue weighted by molar-refractivity contribution is 6.30. The molecule has 0 bridgehead atoms. The number of hydrogen-bond acceptors (Lipinski definition) is 4. The summed E-state index contributed by atoms with van der Waals surface area (Å²) in [6, 6.07) is 20.8. The first-order chi connectivity index (χ1) is 19.8. The Morgan fingerprint density at radius 1 is 0.878 bits per heavy atom. The molecular weight excluding hydrogens is 542 g/mol. The highest BCUT2D eigenvalue weighted by Gasteiger charge is 2.18. The first-order valence-electron chi connectivity index (χ1n) is 13.3. The smallest absolute Gasteiger partial charge is 0.323 e. The number of benzene rings is 3. The summed E-state index contributed by atoms with van der Waals surface area (Å²) in [5.41, 5.74) is 4.53. The largest absolute Gasteiger partial charge is 0.490 e. The highest BCUT2D eigenvalue weighted by Crippen LogP contribution is 2.31. The molecule has 0 amide bonds. The molecule has 0 unspecified atom stereocenters. The molecule has 4 rings (SSSR count). The molecule has 41 heavy (non-hydrogen) atoms. The molecule has 1 heterocycles. The van der Waals surface area contributed by atoms with Crippen molar-refractivity contribution in [3.8, 4) is 11.5 Å². The van der Waals surface area contributed by atoms with Gasteiger partial charge in [-0.3, -0.25) is 9.59 Å². The summed E-state index contributed by atoms with van der Waals surface area (Å²) in [5, 5.41) is 20.2. The number of hydrogen-bond donors (Lipinski definition) is 2. The zero-order chi connectivity index (χ0) is 29.2. The number of rotatable bonds is 14. The van der Waals surface area contributed by atoms with Crippen LogP contribution in [0.3, 0.4) is 0 Å². The summed E-state index contributed by atoms with van der Waals surface area (Å²) < 4.78 is 13.2. The molecule has 0 radical (unpaired) electrons. The number of ether oxygens (including phenoxy) is 2. The summed E-state index contributed by atoms with van der Waals surface area (Å²) in [7, 11) is 0. The second-order valence-corrected chi connectivity index (χ2v) is 9.92. The molecule has 0 fully saturated rings. The second kappa shape index (κ2) is 14.2. The minimum Gasteiger partial charge on any atom is -0.490 e. The van der Waals surface area contributed by atoms with Crippen LogP contribution in [0.5, 0.6) is 11.5 Å². The van der Waals surface area contributed by atoms with Gasteiger partial charge in [0.1, 0.15) is 31.3 Å². The van der Waals surface area contributed by atoms with E-state index in [1.165, 1.54) is 0 Å². The van der Waals surface area contributed by atoms with Crippen LogP contribution < -0.4 is 9.47 Å². The lowest BCUT2D eigenvalue weighted by Gasteiger charge is -2.08. The van der Waals surface area contributed by atoms with Crippen molar-refractivity contribution in [3.63, 3.8) is 0 Å². The van der Waals surface area contributed by atoms with Crippen LogP contribution in [0.25, 0.3) is 23.1 Å². The van der Waals surface area contributed by atoms with Crippen LogP contribution >= 0.6 is 11.6 Å². The average molecular weight is 574 g/mol. The first kappa shape index (κ1) is 29.5. The maximum absolute atomic E-state index is 11.7. The number of halogens is 1. The highest BCUT2D eigenvalue weighted by atomic mass is 35.5. The monoisotopic (exact) mass is 573 g/mol. The zero-order valence-electron chi connectivity index (χ0n) is 22.8. The molecular formula is C33H32ClNO6. The van der Waals surface area contributed by atoms with Crippen molar-refractivity contribution in [1.29, 1.82) is 0 Å². The number of para-hydroxylation sites is 1. The Hall–Kier alpha value is -4.49. The number of carboxylic acid groups (broad SMARTS) is 2. The van der Waals surface area contributed by atoms with Gasteiger partial charge in [-0.25, -0.2) is 0 Å². The van der Waals surface area contributed by atoms with E-state index in [0.717, 1.165) is 39.0 Å². The molecule has 0 saturated carbocycles. The van der Waals surface area contributed by atoms with Crippen molar-refractivity contribution in [2.24, 2.45) is 0 Å². The summed E-state index contributed by atoms with van der Waals surface area (Å²) in [5.74, 6) is -0.320. The molecule has 7 nitrogen and oxygen atoms in total. The Labute approximate surface area is 243 Å². The van der Waals surface area contributed by atoms with Gasteiger partial charge in [0, 0.05) is 22.5 Å². The van der Waals surface area contributed by atoms with Gasteiger partial charge >= 0.3 is 11.9 Å². The molecule has 0 atom stereocenters. The van der Waals surface area contributed by atoms with Gasteiger partial charge in [-0.2, -0.15) is 0 Å². The Balaban J connectivity index is 1.41. The molecule has 0 aliphatic carbocycles. The lowest BCUT2D eigenvalue weighted by Crippen LogP contribution is -2.10. The maximum atomic E-state index is 11.7. The minimum atomic E-state index is -0.931. The van der Waals surface area contributed by atoms with E-state index in [-0.39, 0.29) is 13.0 Å². The van der Waals surface area contributed by atoms with Gasteiger partial charge in [0.15, 0.2) is 0 Å². The quantitative estimate of drug-likeness (QED) is 0.121. The lowest BCUT2D eigenvalue weighted by molar-refractivity contribution is -0.138. The van der Waals surface area contributed by atoms with Gasteiger partial charge in [-0.05, 0) is 78.9 Å². The molecule has 0 saturated heterocycles. The first-order valence-corrected chi connectivity index (χ1v) is 13.7. The zero-order valence-corrected chi connectivity index (χ0v) is 23.5. The van der Waals surface area contributed by atoms with Crippen LogP contribution in [-0.4, -0.2) is 39.9 Å². The number of carboxylic acids is 2. The second-order valence-electron chi connectivity index (χ2n) is 9.49. The fraction of sp³-hybridized carbons (Fsp3) is 0.212. The third kappa shape index (κ3) is 8.25. The van der Waals surface area contributed by atoms with E-state index >= 15 is 0 Å². The number of carbonyl (C=O) groups is 2. The van der Waals surface area contributed by atoms with Gasteiger partial charge in [0.25, 0.3) is 0 Å². The van der Waals surface area contributed by atoms with Gasteiger partial charge < -0.3 is 24.3 Å². The molecule has 8 heteroatoms. The molecule has 212 valence electrons. The van der Waals surface area contributed by atoms with E-state index in [4.69, 9.17) is 26.2 Å². The van der Waals surface area contributed by atoms with E-state index < -0.39 is 11.9 Å². The van der Waals surface area contributed by atoms with Crippen molar-refractivity contribution < 1.29 is 29.3 Å². The van der Waals surface area contributed by atoms with E-state index in [9.17, 15) is 14.7 Å². The van der Waals surface area contributed by atoms with Gasteiger partial charge in [0.05, 0.1) is 5.52 Å². The molecule has 0 spiro atoms. The number of nitrogens with zero attached hydrogens (tertiary/aromatic N) is 1. The molecule has 0 aliphatic heterocycles. The summed E-state index contributed by atoms with van der Waals surface area (Å²) in [6.45, 7) is 2.55. The fourth-order valence-electron chi connectivity index (χ4n) is 4.67. The number of aliphatic carboxylic acids is 2. The van der Waals surface area contributed by atoms with E-state index in [0.29, 0.717) is 36.8 Å². The normalized spacial score (nSPS) is 11.5. The number of aromatic nitrogens is 1. The molecule has 4 aromatic rings. The summed E-state index contributed by atoms with van der Waals surface area (Å²) >= 11 is 5.95. The van der Waals surface area contributed by atoms with Crippen molar-refractivity contribution in [2.45, 2.75) is 32.7 Å². The van der Waals surface area contributed by atoms with Crippen LogP contribution in [0.2, 0.25) is 5.02 Å². The van der Waals surface area contributed by atoms with Crippen LogP contribution in [0.1, 0.15) is 35.2 Å². The predicted octanol–water partition coefficient (Wildman–Crippen LogP) is 7.28. The number of aryl methyl sites for hydroxylation is 1. The van der Waals surface area contributed by atoms with Gasteiger partial charge in [-0.15, -0.1) is 0 Å². The van der Waals surface area contributed by atoms with Crippen LogP contribution in [0, 0.1) is 6.92 Å². The Bertz CT molecular complexity index is 1570. The predicted molar refractivity (Wildman–Crippen MR) is 162 cm³/mol.